The number of nitrogens with zero attached hydrogens (tertiary/aromatic N) is 1. The molecule has 2 nitrogen and oxygen atoms in total. The lowest BCUT2D eigenvalue weighted by atomic mass is 10.2. The van der Waals surface area contributed by atoms with E-state index in [-0.39, 0.29) is 0 Å². The van der Waals surface area contributed by atoms with Crippen LogP contribution in [0.3, 0.4) is 0 Å². The zero-order chi connectivity index (χ0) is 9.14. The lowest BCUT2D eigenvalue weighted by Crippen LogP contribution is -1.94. The first-order chi connectivity index (χ1) is 5.70. The van der Waals surface area contributed by atoms with Gasteiger partial charge in [-0.15, -0.1) is 11.6 Å². The highest BCUT2D eigenvalue weighted by atomic mass is 35.5. The summed E-state index contributed by atoms with van der Waals surface area (Å²) in [4.78, 5) is 4.06. The summed E-state index contributed by atoms with van der Waals surface area (Å²) in [7, 11) is 1.57. The van der Waals surface area contributed by atoms with Crippen molar-refractivity contribution in [1.29, 1.82) is 0 Å². The Morgan fingerprint density at radius 1 is 1.58 bits per heavy atom. The van der Waals surface area contributed by atoms with E-state index in [2.05, 4.69) is 4.98 Å². The third-order valence-electron chi connectivity index (χ3n) is 1.57. The number of alkyl halides is 1. The third-order valence-corrected chi connectivity index (χ3v) is 2.30. The van der Waals surface area contributed by atoms with Crippen molar-refractivity contribution in [1.82, 2.24) is 4.98 Å². The Morgan fingerprint density at radius 3 is 2.75 bits per heavy atom. The molecule has 0 atom stereocenters. The smallest absolute Gasteiger partial charge is 0.145 e. The molecule has 1 aromatic heterocycles. The Balaban J connectivity index is 3.25. The van der Waals surface area contributed by atoms with E-state index in [1.165, 1.54) is 0 Å². The lowest BCUT2D eigenvalue weighted by Gasteiger charge is -2.08. The van der Waals surface area contributed by atoms with Crippen LogP contribution in [0.25, 0.3) is 0 Å². The van der Waals surface area contributed by atoms with Crippen LogP contribution in [0.5, 0.6) is 5.75 Å². The van der Waals surface area contributed by atoms with Crippen molar-refractivity contribution in [2.75, 3.05) is 7.11 Å². The van der Waals surface area contributed by atoms with Crippen LogP contribution in [0.4, 0.5) is 0 Å². The number of methoxy groups -OCH3 is 1. The average molecular weight is 206 g/mol. The van der Waals surface area contributed by atoms with E-state index in [1.54, 1.807) is 13.3 Å². The van der Waals surface area contributed by atoms with Gasteiger partial charge in [-0.3, -0.25) is 4.98 Å². The number of aryl methyl sites for hydroxylation is 1. The fourth-order valence-corrected chi connectivity index (χ4v) is 1.35. The number of halogens is 2. The van der Waals surface area contributed by atoms with Crippen molar-refractivity contribution in [3.8, 4) is 5.75 Å². The second-order valence-electron chi connectivity index (χ2n) is 2.35. The summed E-state index contributed by atoms with van der Waals surface area (Å²) in [5.74, 6) is 0.982. The normalized spacial score (nSPS) is 10.0. The van der Waals surface area contributed by atoms with Crippen LogP contribution in [-0.2, 0) is 5.88 Å². The summed E-state index contributed by atoms with van der Waals surface area (Å²) < 4.78 is 5.09. The van der Waals surface area contributed by atoms with E-state index in [4.69, 9.17) is 27.9 Å². The fraction of sp³-hybridized carbons (Fsp3) is 0.375. The van der Waals surface area contributed by atoms with Crippen molar-refractivity contribution in [2.45, 2.75) is 12.8 Å². The molecule has 0 unspecified atom stereocenters. The Bertz CT molecular complexity index is 289. The topological polar surface area (TPSA) is 22.1 Å². The summed E-state index contributed by atoms with van der Waals surface area (Å²) in [6.07, 6.45) is 1.67. The van der Waals surface area contributed by atoms with Gasteiger partial charge in [-0.25, -0.2) is 0 Å². The van der Waals surface area contributed by atoms with E-state index < -0.39 is 0 Å². The van der Waals surface area contributed by atoms with E-state index in [9.17, 15) is 0 Å². The number of hydrogen-bond donors (Lipinski definition) is 0. The SMILES string of the molecule is COc1c(CCl)cnc(C)c1Cl. The minimum absolute atomic E-state index is 0.357. The number of ether oxygens (including phenoxy) is 1. The molecule has 12 heavy (non-hydrogen) atoms. The summed E-state index contributed by atoms with van der Waals surface area (Å²) in [5.41, 5.74) is 1.57. The maximum absolute atomic E-state index is 5.93. The van der Waals surface area contributed by atoms with Crippen molar-refractivity contribution in [3.05, 3.63) is 22.5 Å². The first-order valence-electron chi connectivity index (χ1n) is 3.44. The van der Waals surface area contributed by atoms with Crippen LogP contribution in [0.15, 0.2) is 6.20 Å². The molecule has 0 aliphatic rings. The van der Waals surface area contributed by atoms with Gasteiger partial charge in [0.25, 0.3) is 0 Å². The largest absolute Gasteiger partial charge is 0.495 e. The lowest BCUT2D eigenvalue weighted by molar-refractivity contribution is 0.410. The van der Waals surface area contributed by atoms with E-state index >= 15 is 0 Å². The number of aromatic nitrogens is 1. The van der Waals surface area contributed by atoms with Crippen molar-refractivity contribution in [3.63, 3.8) is 0 Å². The van der Waals surface area contributed by atoms with Gasteiger partial charge >= 0.3 is 0 Å². The van der Waals surface area contributed by atoms with E-state index in [0.717, 1.165) is 11.3 Å². The number of pyridine rings is 1. The van der Waals surface area contributed by atoms with Gasteiger partial charge in [0.1, 0.15) is 10.8 Å². The second-order valence-corrected chi connectivity index (χ2v) is 2.99. The first-order valence-corrected chi connectivity index (χ1v) is 4.36. The van der Waals surface area contributed by atoms with Gasteiger partial charge in [0, 0.05) is 11.8 Å². The molecule has 0 radical (unpaired) electrons. The molecule has 0 fully saturated rings. The monoisotopic (exact) mass is 205 g/mol. The molecule has 1 aromatic rings. The predicted octanol–water partition coefficient (Wildman–Crippen LogP) is 2.79. The Morgan fingerprint density at radius 2 is 2.25 bits per heavy atom. The van der Waals surface area contributed by atoms with Gasteiger partial charge in [0.2, 0.25) is 0 Å². The summed E-state index contributed by atoms with van der Waals surface area (Å²) in [6, 6.07) is 0. The van der Waals surface area contributed by atoms with Gasteiger partial charge in [0.05, 0.1) is 18.7 Å². The standard InChI is InChI=1S/C8H9Cl2NO/c1-5-7(10)8(12-2)6(3-9)4-11-5/h4H,3H2,1-2H3. The van der Waals surface area contributed by atoms with Gasteiger partial charge in [-0.1, -0.05) is 11.6 Å². The molecule has 1 rings (SSSR count). The summed E-state index contributed by atoms with van der Waals surface area (Å²) in [6.45, 7) is 1.82. The zero-order valence-electron chi connectivity index (χ0n) is 6.90. The predicted molar refractivity (Wildman–Crippen MR) is 50.1 cm³/mol. The van der Waals surface area contributed by atoms with Crippen LogP contribution in [-0.4, -0.2) is 12.1 Å². The van der Waals surface area contributed by atoms with Crippen LogP contribution in [0, 0.1) is 6.92 Å². The van der Waals surface area contributed by atoms with Crippen molar-refractivity contribution >= 4 is 23.2 Å². The molecule has 0 spiro atoms. The van der Waals surface area contributed by atoms with E-state index in [0.29, 0.717) is 16.7 Å². The summed E-state index contributed by atoms with van der Waals surface area (Å²) >= 11 is 11.6. The molecular formula is C8H9Cl2NO. The van der Waals surface area contributed by atoms with Gasteiger partial charge < -0.3 is 4.74 Å². The molecule has 0 saturated heterocycles. The van der Waals surface area contributed by atoms with Crippen LogP contribution >= 0.6 is 23.2 Å². The highest BCUT2D eigenvalue weighted by Crippen LogP contribution is 2.30. The molecule has 66 valence electrons. The third kappa shape index (κ3) is 1.65. The maximum atomic E-state index is 5.93. The molecule has 0 aliphatic heterocycles. The maximum Gasteiger partial charge on any atom is 0.145 e. The molecule has 0 aliphatic carbocycles. The van der Waals surface area contributed by atoms with Crippen LogP contribution < -0.4 is 4.74 Å². The molecule has 0 bridgehead atoms. The quantitative estimate of drug-likeness (QED) is 0.694. The molecule has 1 heterocycles. The second kappa shape index (κ2) is 3.97. The van der Waals surface area contributed by atoms with Crippen LogP contribution in [0.2, 0.25) is 5.02 Å². The molecule has 0 saturated carbocycles. The zero-order valence-corrected chi connectivity index (χ0v) is 8.41. The fourth-order valence-electron chi connectivity index (χ4n) is 0.911. The summed E-state index contributed by atoms with van der Waals surface area (Å²) in [5, 5.41) is 0.538. The molecule has 0 aromatic carbocycles. The minimum atomic E-state index is 0.357. The Labute approximate surface area is 81.5 Å². The average Bonchev–Trinajstić information content (AvgIpc) is 2.09. The molecule has 4 heteroatoms. The molecule has 0 amide bonds. The van der Waals surface area contributed by atoms with Crippen molar-refractivity contribution in [2.24, 2.45) is 0 Å². The first kappa shape index (κ1) is 9.62. The minimum Gasteiger partial charge on any atom is -0.495 e. The Hall–Kier alpha value is -0.470. The van der Waals surface area contributed by atoms with Crippen LogP contribution in [0.1, 0.15) is 11.3 Å². The Kier molecular flexibility index (Phi) is 3.18. The van der Waals surface area contributed by atoms with E-state index in [1.807, 2.05) is 6.92 Å². The molecule has 0 N–H and O–H groups in total. The highest BCUT2D eigenvalue weighted by molar-refractivity contribution is 6.32. The van der Waals surface area contributed by atoms with Crippen molar-refractivity contribution < 1.29 is 4.74 Å². The highest BCUT2D eigenvalue weighted by Gasteiger charge is 2.09. The number of rotatable bonds is 2. The number of hydrogen-bond acceptors (Lipinski definition) is 2. The van der Waals surface area contributed by atoms with Gasteiger partial charge in [-0.05, 0) is 6.92 Å². The van der Waals surface area contributed by atoms with Gasteiger partial charge in [0.15, 0.2) is 0 Å². The molecular weight excluding hydrogens is 197 g/mol. The van der Waals surface area contributed by atoms with Gasteiger partial charge in [-0.2, -0.15) is 0 Å².